The molecule has 0 atom stereocenters. The molecule has 0 aliphatic heterocycles. The molecule has 0 fully saturated rings. The largest absolute Gasteiger partial charge is 0.494 e. The number of amides is 2. The number of carbonyl (C=O) groups excluding carboxylic acids is 2. The van der Waals surface area contributed by atoms with Gasteiger partial charge in [-0.15, -0.1) is 0 Å². The summed E-state index contributed by atoms with van der Waals surface area (Å²) < 4.78 is 5.29. The molecule has 6 heteroatoms. The minimum atomic E-state index is -0.283. The molecule has 0 bridgehead atoms. The van der Waals surface area contributed by atoms with Gasteiger partial charge in [-0.25, -0.2) is 0 Å². The minimum Gasteiger partial charge on any atom is -0.494 e. The quantitative estimate of drug-likeness (QED) is 0.669. The number of ether oxygens (including phenoxy) is 1. The van der Waals surface area contributed by atoms with Crippen molar-refractivity contribution in [3.8, 4) is 5.75 Å². The van der Waals surface area contributed by atoms with Gasteiger partial charge < -0.3 is 21.1 Å². The maximum atomic E-state index is 11.5. The first kappa shape index (κ1) is 15.0. The molecule has 0 aliphatic rings. The second-order valence-corrected chi connectivity index (χ2v) is 3.82. The standard InChI is InChI=1S/C13H19N3O3/c1-2-19-11-5-3-10(4-6-11)16-13(18)9-15-12(17)7-8-14/h3-6H,2,7-9,14H2,1H3,(H,15,17)(H,16,18). The number of hydrogen-bond acceptors (Lipinski definition) is 4. The Kier molecular flexibility index (Phi) is 6.38. The molecule has 0 aromatic heterocycles. The summed E-state index contributed by atoms with van der Waals surface area (Å²) >= 11 is 0. The first-order chi connectivity index (χ1) is 9.15. The molecule has 0 saturated carbocycles. The van der Waals surface area contributed by atoms with Gasteiger partial charge in [0.15, 0.2) is 0 Å². The molecule has 0 saturated heterocycles. The Morgan fingerprint density at radius 2 is 1.89 bits per heavy atom. The molecule has 2 amide bonds. The molecule has 1 aromatic carbocycles. The molecule has 19 heavy (non-hydrogen) atoms. The van der Waals surface area contributed by atoms with Crippen LogP contribution >= 0.6 is 0 Å². The summed E-state index contributed by atoms with van der Waals surface area (Å²) in [4.78, 5) is 22.7. The van der Waals surface area contributed by atoms with E-state index in [1.165, 1.54) is 0 Å². The van der Waals surface area contributed by atoms with Crippen LogP contribution in [0.4, 0.5) is 5.69 Å². The minimum absolute atomic E-state index is 0.0634. The predicted molar refractivity (Wildman–Crippen MR) is 72.9 cm³/mol. The van der Waals surface area contributed by atoms with Gasteiger partial charge in [0.25, 0.3) is 0 Å². The third kappa shape index (κ3) is 5.87. The van der Waals surface area contributed by atoms with E-state index >= 15 is 0 Å². The van der Waals surface area contributed by atoms with Crippen molar-refractivity contribution in [3.63, 3.8) is 0 Å². The number of carbonyl (C=O) groups is 2. The SMILES string of the molecule is CCOc1ccc(NC(=O)CNC(=O)CCN)cc1. The van der Waals surface area contributed by atoms with Crippen LogP contribution in [0.2, 0.25) is 0 Å². The summed E-state index contributed by atoms with van der Waals surface area (Å²) in [5.74, 6) is 0.232. The van der Waals surface area contributed by atoms with Crippen molar-refractivity contribution >= 4 is 17.5 Å². The fraction of sp³-hybridized carbons (Fsp3) is 0.385. The van der Waals surface area contributed by atoms with Crippen molar-refractivity contribution in [2.45, 2.75) is 13.3 Å². The second-order valence-electron chi connectivity index (χ2n) is 3.82. The highest BCUT2D eigenvalue weighted by molar-refractivity contribution is 5.94. The van der Waals surface area contributed by atoms with Gasteiger partial charge in [0.1, 0.15) is 5.75 Å². The topological polar surface area (TPSA) is 93.5 Å². The van der Waals surface area contributed by atoms with E-state index in [0.717, 1.165) is 5.75 Å². The van der Waals surface area contributed by atoms with Crippen molar-refractivity contribution in [1.82, 2.24) is 5.32 Å². The molecule has 104 valence electrons. The highest BCUT2D eigenvalue weighted by Crippen LogP contribution is 2.15. The average Bonchev–Trinajstić information content (AvgIpc) is 2.39. The van der Waals surface area contributed by atoms with Gasteiger partial charge in [0, 0.05) is 18.7 Å². The van der Waals surface area contributed by atoms with Crippen LogP contribution in [0, 0.1) is 0 Å². The summed E-state index contributed by atoms with van der Waals surface area (Å²) in [7, 11) is 0. The second kappa shape index (κ2) is 8.10. The van der Waals surface area contributed by atoms with E-state index in [0.29, 0.717) is 12.3 Å². The van der Waals surface area contributed by atoms with Gasteiger partial charge in [-0.05, 0) is 31.2 Å². The van der Waals surface area contributed by atoms with E-state index in [2.05, 4.69) is 10.6 Å². The van der Waals surface area contributed by atoms with Crippen LogP contribution in [0.15, 0.2) is 24.3 Å². The number of rotatable bonds is 7. The maximum absolute atomic E-state index is 11.5. The predicted octanol–water partition coefficient (Wildman–Crippen LogP) is 0.489. The fourth-order valence-corrected chi connectivity index (χ4v) is 1.40. The number of nitrogens with one attached hydrogen (secondary N) is 2. The fourth-order valence-electron chi connectivity index (χ4n) is 1.40. The van der Waals surface area contributed by atoms with Crippen LogP contribution in [0.3, 0.4) is 0 Å². The van der Waals surface area contributed by atoms with Crippen molar-refractivity contribution in [1.29, 1.82) is 0 Å². The zero-order chi connectivity index (χ0) is 14.1. The maximum Gasteiger partial charge on any atom is 0.243 e. The molecule has 1 aromatic rings. The normalized spacial score (nSPS) is 9.79. The Bertz CT molecular complexity index is 418. The van der Waals surface area contributed by atoms with Gasteiger partial charge in [0.05, 0.1) is 13.2 Å². The molecule has 0 aliphatic carbocycles. The van der Waals surface area contributed by atoms with Gasteiger partial charge in [0.2, 0.25) is 11.8 Å². The summed E-state index contributed by atoms with van der Waals surface area (Å²) in [5, 5.41) is 5.15. The van der Waals surface area contributed by atoms with Crippen LogP contribution in [-0.4, -0.2) is 31.5 Å². The van der Waals surface area contributed by atoms with Gasteiger partial charge in [-0.3, -0.25) is 9.59 Å². The number of anilines is 1. The molecule has 0 radical (unpaired) electrons. The van der Waals surface area contributed by atoms with Crippen LogP contribution in [0.5, 0.6) is 5.75 Å². The number of nitrogens with two attached hydrogens (primary N) is 1. The molecular formula is C13H19N3O3. The van der Waals surface area contributed by atoms with Crippen molar-refractivity contribution < 1.29 is 14.3 Å². The Balaban J connectivity index is 2.37. The van der Waals surface area contributed by atoms with Crippen molar-refractivity contribution in [2.75, 3.05) is 25.0 Å². The molecule has 0 unspecified atom stereocenters. The Morgan fingerprint density at radius 3 is 2.47 bits per heavy atom. The average molecular weight is 265 g/mol. The van der Waals surface area contributed by atoms with Gasteiger partial charge in [-0.2, -0.15) is 0 Å². The molecule has 0 spiro atoms. The lowest BCUT2D eigenvalue weighted by molar-refractivity contribution is -0.124. The van der Waals surface area contributed by atoms with Crippen LogP contribution in [-0.2, 0) is 9.59 Å². The summed E-state index contributed by atoms with van der Waals surface area (Å²) in [6.45, 7) is 2.71. The lowest BCUT2D eigenvalue weighted by Gasteiger charge is -2.08. The number of hydrogen-bond donors (Lipinski definition) is 3. The smallest absolute Gasteiger partial charge is 0.243 e. The van der Waals surface area contributed by atoms with Crippen LogP contribution in [0.1, 0.15) is 13.3 Å². The first-order valence-electron chi connectivity index (χ1n) is 6.15. The third-order valence-electron chi connectivity index (χ3n) is 2.27. The monoisotopic (exact) mass is 265 g/mol. The number of benzene rings is 1. The molecule has 6 nitrogen and oxygen atoms in total. The Morgan fingerprint density at radius 1 is 1.21 bits per heavy atom. The Hall–Kier alpha value is -2.08. The molecular weight excluding hydrogens is 246 g/mol. The lowest BCUT2D eigenvalue weighted by Crippen LogP contribution is -2.33. The zero-order valence-electron chi connectivity index (χ0n) is 10.9. The summed E-state index contributed by atoms with van der Waals surface area (Å²) in [5.41, 5.74) is 5.88. The van der Waals surface area contributed by atoms with Crippen LogP contribution < -0.4 is 21.1 Å². The summed E-state index contributed by atoms with van der Waals surface area (Å²) in [6.07, 6.45) is 0.219. The van der Waals surface area contributed by atoms with E-state index in [9.17, 15) is 9.59 Å². The van der Waals surface area contributed by atoms with E-state index in [4.69, 9.17) is 10.5 Å². The van der Waals surface area contributed by atoms with Crippen molar-refractivity contribution in [2.24, 2.45) is 5.73 Å². The lowest BCUT2D eigenvalue weighted by atomic mass is 10.3. The van der Waals surface area contributed by atoms with Crippen LogP contribution in [0.25, 0.3) is 0 Å². The molecule has 0 heterocycles. The van der Waals surface area contributed by atoms with Crippen molar-refractivity contribution in [3.05, 3.63) is 24.3 Å². The van der Waals surface area contributed by atoms with Gasteiger partial charge >= 0.3 is 0 Å². The van der Waals surface area contributed by atoms with E-state index in [-0.39, 0.29) is 31.3 Å². The highest BCUT2D eigenvalue weighted by atomic mass is 16.5. The zero-order valence-corrected chi connectivity index (χ0v) is 10.9. The van der Waals surface area contributed by atoms with E-state index in [1.54, 1.807) is 24.3 Å². The highest BCUT2D eigenvalue weighted by Gasteiger charge is 2.05. The molecule has 1 rings (SSSR count). The molecule has 4 N–H and O–H groups in total. The Labute approximate surface area is 112 Å². The third-order valence-corrected chi connectivity index (χ3v) is 2.27. The van der Waals surface area contributed by atoms with Gasteiger partial charge in [-0.1, -0.05) is 0 Å². The van der Waals surface area contributed by atoms with E-state index in [1.807, 2.05) is 6.92 Å². The first-order valence-corrected chi connectivity index (χ1v) is 6.15. The summed E-state index contributed by atoms with van der Waals surface area (Å²) in [6, 6.07) is 7.02. The van der Waals surface area contributed by atoms with E-state index < -0.39 is 0 Å².